The predicted molar refractivity (Wildman–Crippen MR) is 95.4 cm³/mol. The second-order valence-corrected chi connectivity index (χ2v) is 10.9. The summed E-state index contributed by atoms with van der Waals surface area (Å²) in [6.07, 6.45) is -3.78. The van der Waals surface area contributed by atoms with Crippen molar-refractivity contribution in [3.05, 3.63) is 0 Å². The third-order valence-corrected chi connectivity index (χ3v) is 9.24. The van der Waals surface area contributed by atoms with Crippen LogP contribution in [0.2, 0.25) is 0 Å². The molecule has 0 aromatic carbocycles. The zero-order valence-electron chi connectivity index (χ0n) is 16.5. The highest BCUT2D eigenvalue weighted by molar-refractivity contribution is 5.27. The van der Waals surface area contributed by atoms with Crippen LogP contribution in [0.15, 0.2) is 0 Å². The molecule has 0 radical (unpaired) electrons. The molecular formula is C20H34O7. The Balaban J connectivity index is 1.92. The van der Waals surface area contributed by atoms with Crippen molar-refractivity contribution in [2.75, 3.05) is 0 Å². The standard InChI is InChI=1S/C20H34O7/c1-16(2)15(24)12(22)13-18(4,26)10-6-5-9-14(23)19(10,8-17(9,3)25)7-11(21)20(13,16)27/h9-15,21-27H,5-8H2,1-4H3/t9-,10+,11-,12-,13+,14+,15+,17-,18-,19+,20-/m1/s1. The highest BCUT2D eigenvalue weighted by Gasteiger charge is 2.78. The van der Waals surface area contributed by atoms with Gasteiger partial charge in [0.05, 0.1) is 35.6 Å². The Hall–Kier alpha value is -0.280. The van der Waals surface area contributed by atoms with E-state index in [-0.39, 0.29) is 18.8 Å². The molecule has 0 heterocycles. The molecule has 2 bridgehead atoms. The quantitative estimate of drug-likeness (QED) is 0.287. The molecule has 4 saturated carbocycles. The molecule has 0 aromatic heterocycles. The minimum absolute atomic E-state index is 0.00248. The lowest BCUT2D eigenvalue weighted by molar-refractivity contribution is -0.209. The van der Waals surface area contributed by atoms with Crippen molar-refractivity contribution in [2.24, 2.45) is 28.6 Å². The van der Waals surface area contributed by atoms with Crippen LogP contribution in [0, 0.1) is 28.6 Å². The molecule has 0 aliphatic heterocycles. The van der Waals surface area contributed by atoms with Crippen molar-refractivity contribution in [1.29, 1.82) is 0 Å². The molecule has 156 valence electrons. The third-order valence-electron chi connectivity index (χ3n) is 9.24. The van der Waals surface area contributed by atoms with Crippen LogP contribution in [-0.2, 0) is 0 Å². The summed E-state index contributed by atoms with van der Waals surface area (Å²) in [5.41, 5.74) is -6.94. The molecule has 11 atom stereocenters. The van der Waals surface area contributed by atoms with E-state index in [9.17, 15) is 35.7 Å². The van der Waals surface area contributed by atoms with Crippen LogP contribution in [0.1, 0.15) is 53.4 Å². The van der Waals surface area contributed by atoms with Gasteiger partial charge in [-0.25, -0.2) is 0 Å². The number of aliphatic hydroxyl groups excluding tert-OH is 4. The van der Waals surface area contributed by atoms with Crippen molar-refractivity contribution < 1.29 is 35.7 Å². The van der Waals surface area contributed by atoms with Gasteiger partial charge in [0, 0.05) is 22.7 Å². The Morgan fingerprint density at radius 2 is 1.41 bits per heavy atom. The molecule has 4 aliphatic rings. The monoisotopic (exact) mass is 386 g/mol. The van der Waals surface area contributed by atoms with Crippen LogP contribution >= 0.6 is 0 Å². The van der Waals surface area contributed by atoms with E-state index in [4.69, 9.17) is 0 Å². The van der Waals surface area contributed by atoms with Crippen LogP contribution in [0.3, 0.4) is 0 Å². The van der Waals surface area contributed by atoms with E-state index < -0.39 is 63.9 Å². The smallest absolute Gasteiger partial charge is 0.106 e. The summed E-state index contributed by atoms with van der Waals surface area (Å²) in [5, 5.41) is 78.0. The Labute approximate surface area is 159 Å². The Morgan fingerprint density at radius 3 is 2.00 bits per heavy atom. The fraction of sp³-hybridized carbons (Fsp3) is 1.00. The summed E-state index contributed by atoms with van der Waals surface area (Å²) in [7, 11) is 0. The first kappa shape index (κ1) is 20.0. The summed E-state index contributed by atoms with van der Waals surface area (Å²) >= 11 is 0. The molecule has 0 saturated heterocycles. The molecular weight excluding hydrogens is 352 g/mol. The molecule has 4 aliphatic carbocycles. The lowest BCUT2D eigenvalue weighted by Crippen LogP contribution is -2.62. The molecule has 7 N–H and O–H groups in total. The van der Waals surface area contributed by atoms with E-state index in [1.807, 2.05) is 0 Å². The van der Waals surface area contributed by atoms with Gasteiger partial charge in [-0.15, -0.1) is 0 Å². The lowest BCUT2D eigenvalue weighted by atomic mass is 9.57. The van der Waals surface area contributed by atoms with Gasteiger partial charge in [-0.2, -0.15) is 0 Å². The maximum Gasteiger partial charge on any atom is 0.106 e. The zero-order valence-corrected chi connectivity index (χ0v) is 16.5. The second kappa shape index (κ2) is 5.25. The van der Waals surface area contributed by atoms with E-state index in [1.54, 1.807) is 20.8 Å². The highest BCUT2D eigenvalue weighted by atomic mass is 16.4. The lowest BCUT2D eigenvalue weighted by Gasteiger charge is -2.51. The van der Waals surface area contributed by atoms with Crippen molar-refractivity contribution in [2.45, 2.75) is 94.6 Å². The summed E-state index contributed by atoms with van der Waals surface area (Å²) in [5.74, 6) is -2.06. The Kier molecular flexibility index (Phi) is 3.89. The summed E-state index contributed by atoms with van der Waals surface area (Å²) < 4.78 is 0. The molecule has 0 amide bonds. The van der Waals surface area contributed by atoms with E-state index in [0.717, 1.165) is 0 Å². The maximum absolute atomic E-state index is 11.7. The summed E-state index contributed by atoms with van der Waals surface area (Å²) in [6, 6.07) is 0. The van der Waals surface area contributed by atoms with Crippen molar-refractivity contribution in [1.82, 2.24) is 0 Å². The average molecular weight is 386 g/mol. The highest BCUT2D eigenvalue weighted by Crippen LogP contribution is 2.69. The van der Waals surface area contributed by atoms with Crippen LogP contribution < -0.4 is 0 Å². The number of fused-ring (bicyclic) bond motifs is 2. The molecule has 4 fully saturated rings. The van der Waals surface area contributed by atoms with E-state index in [0.29, 0.717) is 12.8 Å². The Bertz CT molecular complexity index is 646. The molecule has 7 heteroatoms. The van der Waals surface area contributed by atoms with Crippen LogP contribution in [0.25, 0.3) is 0 Å². The number of hydrogen-bond acceptors (Lipinski definition) is 7. The van der Waals surface area contributed by atoms with Gasteiger partial charge in [-0.1, -0.05) is 13.8 Å². The van der Waals surface area contributed by atoms with Gasteiger partial charge >= 0.3 is 0 Å². The maximum atomic E-state index is 11.7. The summed E-state index contributed by atoms with van der Waals surface area (Å²) in [6.45, 7) is 6.38. The van der Waals surface area contributed by atoms with E-state index >= 15 is 0 Å². The number of rotatable bonds is 0. The first-order valence-electron chi connectivity index (χ1n) is 10.0. The molecule has 0 unspecified atom stereocenters. The van der Waals surface area contributed by atoms with Gasteiger partial charge in [0.25, 0.3) is 0 Å². The van der Waals surface area contributed by atoms with Crippen molar-refractivity contribution in [3.8, 4) is 0 Å². The van der Waals surface area contributed by atoms with Gasteiger partial charge in [-0.3, -0.25) is 0 Å². The van der Waals surface area contributed by atoms with Gasteiger partial charge in [0.2, 0.25) is 0 Å². The minimum atomic E-state index is -1.94. The second-order valence-electron chi connectivity index (χ2n) is 10.9. The fourth-order valence-electron chi connectivity index (χ4n) is 7.95. The topological polar surface area (TPSA) is 142 Å². The van der Waals surface area contributed by atoms with Crippen molar-refractivity contribution in [3.63, 3.8) is 0 Å². The first-order valence-corrected chi connectivity index (χ1v) is 10.0. The van der Waals surface area contributed by atoms with Gasteiger partial charge in [0.1, 0.15) is 5.60 Å². The molecule has 7 nitrogen and oxygen atoms in total. The predicted octanol–water partition coefficient (Wildman–Crippen LogP) is -0.861. The third kappa shape index (κ3) is 2.02. The van der Waals surface area contributed by atoms with Gasteiger partial charge in [0.15, 0.2) is 0 Å². The van der Waals surface area contributed by atoms with Crippen LogP contribution in [0.5, 0.6) is 0 Å². The van der Waals surface area contributed by atoms with Gasteiger partial charge in [-0.05, 0) is 45.4 Å². The van der Waals surface area contributed by atoms with E-state index in [2.05, 4.69) is 0 Å². The molecule has 0 aromatic rings. The largest absolute Gasteiger partial charge is 0.392 e. The molecule has 27 heavy (non-hydrogen) atoms. The van der Waals surface area contributed by atoms with Crippen LogP contribution in [0.4, 0.5) is 0 Å². The van der Waals surface area contributed by atoms with E-state index in [1.165, 1.54) is 6.92 Å². The number of hydrogen-bond donors (Lipinski definition) is 7. The number of aliphatic hydroxyl groups is 7. The summed E-state index contributed by atoms with van der Waals surface area (Å²) in [4.78, 5) is 0. The molecule has 1 spiro atoms. The van der Waals surface area contributed by atoms with Gasteiger partial charge < -0.3 is 35.7 Å². The van der Waals surface area contributed by atoms with Crippen LogP contribution in [-0.4, -0.2) is 77.0 Å². The first-order chi connectivity index (χ1) is 12.2. The minimum Gasteiger partial charge on any atom is -0.392 e. The van der Waals surface area contributed by atoms with Crippen molar-refractivity contribution >= 4 is 0 Å². The normalized spacial score (nSPS) is 64.8. The zero-order chi connectivity index (χ0) is 20.4. The molecule has 4 rings (SSSR count). The Morgan fingerprint density at radius 1 is 0.815 bits per heavy atom. The average Bonchev–Trinajstić information content (AvgIpc) is 2.71. The fourth-order valence-corrected chi connectivity index (χ4v) is 7.95. The SMILES string of the molecule is CC1(C)[C@@H](O)[C@H](O)[C@H]2[C@](C)(O)[C@@H]3CC[C@@H]4[C@H](O)[C@@]3(C[C@@H](O)[C@@]21O)C[C@@]4(C)O.